The van der Waals surface area contributed by atoms with Gasteiger partial charge in [-0.25, -0.2) is 0 Å². The van der Waals surface area contributed by atoms with E-state index in [9.17, 15) is 0 Å². The molecule has 0 saturated carbocycles. The number of anilines is 1. The predicted molar refractivity (Wildman–Crippen MR) is 90.4 cm³/mol. The van der Waals surface area contributed by atoms with Gasteiger partial charge in [0, 0.05) is 11.3 Å². The van der Waals surface area contributed by atoms with E-state index in [1.807, 2.05) is 6.07 Å². The lowest BCUT2D eigenvalue weighted by Crippen LogP contribution is -3.13. The van der Waals surface area contributed by atoms with Gasteiger partial charge in [0.05, 0.1) is 26.2 Å². The molecule has 2 aliphatic heterocycles. The average molecular weight is 311 g/mol. The van der Waals surface area contributed by atoms with Gasteiger partial charge >= 0.3 is 0 Å². The Bertz CT molecular complexity index is 694. The summed E-state index contributed by atoms with van der Waals surface area (Å²) in [6.45, 7) is 8.17. The Hall–Kier alpha value is -2.20. The van der Waals surface area contributed by atoms with Gasteiger partial charge in [-0.15, -0.1) is 0 Å². The highest BCUT2D eigenvalue weighted by Gasteiger charge is 2.22. The summed E-state index contributed by atoms with van der Waals surface area (Å²) in [5, 5.41) is 0. The lowest BCUT2D eigenvalue weighted by molar-refractivity contribution is -0.914. The highest BCUT2D eigenvalue weighted by atomic mass is 16.7. The molecule has 4 heteroatoms. The topological polar surface area (TPSA) is 26.1 Å². The van der Waals surface area contributed by atoms with Gasteiger partial charge in [0.1, 0.15) is 6.54 Å². The van der Waals surface area contributed by atoms with Gasteiger partial charge in [-0.05, 0) is 36.8 Å². The van der Waals surface area contributed by atoms with Crippen molar-refractivity contribution in [1.29, 1.82) is 0 Å². The van der Waals surface area contributed by atoms with Gasteiger partial charge in [0.2, 0.25) is 6.79 Å². The van der Waals surface area contributed by atoms with Crippen LogP contribution in [-0.4, -0.2) is 33.0 Å². The number of benzene rings is 2. The first-order chi connectivity index (χ1) is 11.3. The Balaban J connectivity index is 1.37. The van der Waals surface area contributed by atoms with Gasteiger partial charge in [-0.3, -0.25) is 0 Å². The number of nitrogens with one attached hydrogen (secondary N) is 1. The Morgan fingerprint density at radius 2 is 1.78 bits per heavy atom. The van der Waals surface area contributed by atoms with Crippen LogP contribution < -0.4 is 19.3 Å². The first-order valence-electron chi connectivity index (χ1n) is 8.32. The number of aryl methyl sites for hydroxylation is 1. The van der Waals surface area contributed by atoms with Crippen molar-refractivity contribution >= 4 is 5.69 Å². The lowest BCUT2D eigenvalue weighted by atomic mass is 10.1. The molecule has 1 saturated heterocycles. The summed E-state index contributed by atoms with van der Waals surface area (Å²) in [7, 11) is 0. The number of hydrogen-bond donors (Lipinski definition) is 1. The van der Waals surface area contributed by atoms with E-state index in [1.165, 1.54) is 29.9 Å². The van der Waals surface area contributed by atoms with Crippen LogP contribution in [0.1, 0.15) is 11.1 Å². The molecule has 0 unspecified atom stereocenters. The monoisotopic (exact) mass is 311 g/mol. The van der Waals surface area contributed by atoms with E-state index in [-0.39, 0.29) is 0 Å². The molecule has 4 rings (SSSR count). The number of rotatable bonds is 3. The van der Waals surface area contributed by atoms with Crippen molar-refractivity contribution in [2.75, 3.05) is 37.9 Å². The minimum atomic E-state index is 0.348. The maximum atomic E-state index is 5.48. The summed E-state index contributed by atoms with van der Waals surface area (Å²) < 4.78 is 10.9. The van der Waals surface area contributed by atoms with Crippen LogP contribution in [-0.2, 0) is 6.54 Å². The third-order valence-corrected chi connectivity index (χ3v) is 4.82. The van der Waals surface area contributed by atoms with Gasteiger partial charge in [0.25, 0.3) is 0 Å². The summed E-state index contributed by atoms with van der Waals surface area (Å²) in [6.07, 6.45) is 0. The molecular weight excluding hydrogens is 288 g/mol. The van der Waals surface area contributed by atoms with Crippen LogP contribution in [0.25, 0.3) is 0 Å². The quantitative estimate of drug-likeness (QED) is 0.933. The standard InChI is InChI=1S/C19H22N2O2/c1-15-4-2-3-5-17(15)21-10-8-20(9-11-21)13-16-6-7-18-19(12-16)23-14-22-18/h2-7,12H,8-11,13-14H2,1H3/p+1. The van der Waals surface area contributed by atoms with Crippen LogP contribution in [0.4, 0.5) is 5.69 Å². The van der Waals surface area contributed by atoms with Crippen molar-refractivity contribution in [2.45, 2.75) is 13.5 Å². The van der Waals surface area contributed by atoms with E-state index in [0.717, 1.165) is 31.1 Å². The lowest BCUT2D eigenvalue weighted by Gasteiger charge is -2.34. The molecule has 0 aliphatic carbocycles. The van der Waals surface area contributed by atoms with Gasteiger partial charge in [0.15, 0.2) is 11.5 Å². The molecule has 0 aromatic heterocycles. The largest absolute Gasteiger partial charge is 0.454 e. The molecule has 120 valence electrons. The number of hydrogen-bond acceptors (Lipinski definition) is 3. The third-order valence-electron chi connectivity index (χ3n) is 4.82. The molecule has 0 atom stereocenters. The van der Waals surface area contributed by atoms with E-state index in [2.05, 4.69) is 48.2 Å². The van der Waals surface area contributed by atoms with Crippen LogP contribution >= 0.6 is 0 Å². The Morgan fingerprint density at radius 3 is 2.61 bits per heavy atom. The molecule has 23 heavy (non-hydrogen) atoms. The molecule has 4 nitrogen and oxygen atoms in total. The maximum absolute atomic E-state index is 5.48. The number of nitrogens with zero attached hydrogens (tertiary/aromatic N) is 1. The number of ether oxygens (including phenoxy) is 2. The van der Waals surface area contributed by atoms with Crippen molar-refractivity contribution in [2.24, 2.45) is 0 Å². The summed E-state index contributed by atoms with van der Waals surface area (Å²) in [4.78, 5) is 4.15. The minimum absolute atomic E-state index is 0.348. The second-order valence-corrected chi connectivity index (χ2v) is 6.39. The number of fused-ring (bicyclic) bond motifs is 1. The zero-order chi connectivity index (χ0) is 15.6. The molecule has 2 heterocycles. The molecule has 2 aromatic carbocycles. The first kappa shape index (κ1) is 14.4. The smallest absolute Gasteiger partial charge is 0.231 e. The summed E-state index contributed by atoms with van der Waals surface area (Å²) in [6, 6.07) is 15.0. The minimum Gasteiger partial charge on any atom is -0.454 e. The zero-order valence-electron chi connectivity index (χ0n) is 13.5. The van der Waals surface area contributed by atoms with Gasteiger partial charge in [-0.1, -0.05) is 18.2 Å². The molecule has 1 N–H and O–H groups in total. The predicted octanol–water partition coefficient (Wildman–Crippen LogP) is 1.63. The maximum Gasteiger partial charge on any atom is 0.231 e. The van der Waals surface area contributed by atoms with E-state index in [1.54, 1.807) is 4.90 Å². The van der Waals surface area contributed by atoms with E-state index in [4.69, 9.17) is 9.47 Å². The van der Waals surface area contributed by atoms with Crippen molar-refractivity contribution in [3.05, 3.63) is 53.6 Å². The van der Waals surface area contributed by atoms with Crippen molar-refractivity contribution in [1.82, 2.24) is 0 Å². The van der Waals surface area contributed by atoms with E-state index >= 15 is 0 Å². The fourth-order valence-electron chi connectivity index (χ4n) is 3.50. The fourth-order valence-corrected chi connectivity index (χ4v) is 3.50. The highest BCUT2D eigenvalue weighted by Crippen LogP contribution is 2.32. The molecule has 0 bridgehead atoms. The second-order valence-electron chi connectivity index (χ2n) is 6.39. The van der Waals surface area contributed by atoms with Gasteiger partial charge < -0.3 is 19.3 Å². The van der Waals surface area contributed by atoms with Crippen LogP contribution in [0, 0.1) is 6.92 Å². The van der Waals surface area contributed by atoms with Crippen LogP contribution in [0.5, 0.6) is 11.5 Å². The molecule has 0 radical (unpaired) electrons. The first-order valence-corrected chi connectivity index (χ1v) is 8.32. The van der Waals surface area contributed by atoms with Crippen LogP contribution in [0.3, 0.4) is 0 Å². The Labute approximate surface area is 137 Å². The molecule has 2 aromatic rings. The Kier molecular flexibility index (Phi) is 3.83. The number of para-hydroxylation sites is 1. The Morgan fingerprint density at radius 1 is 1.00 bits per heavy atom. The number of quaternary nitrogens is 1. The SMILES string of the molecule is Cc1ccccc1N1CC[NH+](Cc2ccc3c(c2)OCO3)CC1. The van der Waals surface area contributed by atoms with E-state index in [0.29, 0.717) is 6.79 Å². The molecule has 0 amide bonds. The molecule has 0 spiro atoms. The van der Waals surface area contributed by atoms with E-state index < -0.39 is 0 Å². The van der Waals surface area contributed by atoms with Gasteiger partial charge in [-0.2, -0.15) is 0 Å². The van der Waals surface area contributed by atoms with Crippen molar-refractivity contribution in [3.63, 3.8) is 0 Å². The number of piperazine rings is 1. The average Bonchev–Trinajstić information content (AvgIpc) is 3.04. The summed E-state index contributed by atoms with van der Waals surface area (Å²) >= 11 is 0. The molecular formula is C19H23N2O2+. The summed E-state index contributed by atoms with van der Waals surface area (Å²) in [5.41, 5.74) is 4.08. The zero-order valence-corrected chi connectivity index (χ0v) is 13.5. The summed E-state index contributed by atoms with van der Waals surface area (Å²) in [5.74, 6) is 1.76. The second kappa shape index (κ2) is 6.13. The van der Waals surface area contributed by atoms with Crippen LogP contribution in [0.2, 0.25) is 0 Å². The third kappa shape index (κ3) is 2.99. The van der Waals surface area contributed by atoms with Crippen molar-refractivity contribution < 1.29 is 14.4 Å². The molecule has 2 aliphatic rings. The highest BCUT2D eigenvalue weighted by molar-refractivity contribution is 5.53. The van der Waals surface area contributed by atoms with Crippen LogP contribution in [0.15, 0.2) is 42.5 Å². The van der Waals surface area contributed by atoms with Crippen molar-refractivity contribution in [3.8, 4) is 11.5 Å². The fraction of sp³-hybridized carbons (Fsp3) is 0.368. The molecule has 1 fully saturated rings. The normalized spacial score (nSPS) is 17.5.